The van der Waals surface area contributed by atoms with Gasteiger partial charge in [-0.1, -0.05) is 13.8 Å². The molecule has 0 fully saturated rings. The summed E-state index contributed by atoms with van der Waals surface area (Å²) in [4.78, 5) is 0. The average molecular weight is 197 g/mol. The lowest BCUT2D eigenvalue weighted by atomic mass is 9.82. The Bertz CT molecular complexity index is 334. The molecular formula is C11H16FNO. The molecule has 0 heterocycles. The Kier molecular flexibility index (Phi) is 2.81. The van der Waals surface area contributed by atoms with Crippen molar-refractivity contribution in [1.29, 1.82) is 0 Å². The zero-order valence-electron chi connectivity index (χ0n) is 8.71. The highest BCUT2D eigenvalue weighted by molar-refractivity contribution is 5.38. The summed E-state index contributed by atoms with van der Waals surface area (Å²) in [5.74, 6) is -0.213. The molecule has 0 saturated carbocycles. The van der Waals surface area contributed by atoms with Gasteiger partial charge in [-0.3, -0.25) is 0 Å². The van der Waals surface area contributed by atoms with Crippen molar-refractivity contribution in [3.63, 3.8) is 0 Å². The van der Waals surface area contributed by atoms with Crippen LogP contribution in [0.1, 0.15) is 26.3 Å². The van der Waals surface area contributed by atoms with Crippen LogP contribution in [0.15, 0.2) is 18.2 Å². The maximum atomic E-state index is 13.0. The van der Waals surface area contributed by atoms with Crippen LogP contribution in [-0.2, 0) is 5.54 Å². The third-order valence-electron chi connectivity index (χ3n) is 2.74. The Morgan fingerprint density at radius 2 is 2.00 bits per heavy atom. The Morgan fingerprint density at radius 1 is 1.43 bits per heavy atom. The van der Waals surface area contributed by atoms with E-state index in [2.05, 4.69) is 0 Å². The van der Waals surface area contributed by atoms with Gasteiger partial charge >= 0.3 is 0 Å². The van der Waals surface area contributed by atoms with Crippen LogP contribution in [-0.4, -0.2) is 5.11 Å². The lowest BCUT2D eigenvalue weighted by molar-refractivity contribution is 0.331. The molecule has 1 unspecified atom stereocenters. The number of aromatic hydroxyl groups is 1. The molecule has 14 heavy (non-hydrogen) atoms. The van der Waals surface area contributed by atoms with Crippen molar-refractivity contribution in [2.24, 2.45) is 11.7 Å². The van der Waals surface area contributed by atoms with Crippen LogP contribution in [0.2, 0.25) is 0 Å². The number of hydrogen-bond donors (Lipinski definition) is 2. The van der Waals surface area contributed by atoms with Crippen molar-refractivity contribution in [2.75, 3.05) is 0 Å². The Hall–Kier alpha value is -1.09. The van der Waals surface area contributed by atoms with Crippen molar-refractivity contribution >= 4 is 0 Å². The second-order valence-electron chi connectivity index (χ2n) is 4.10. The first-order valence-electron chi connectivity index (χ1n) is 4.63. The van der Waals surface area contributed by atoms with E-state index < -0.39 is 5.54 Å². The predicted octanol–water partition coefficient (Wildman–Crippen LogP) is 2.36. The first kappa shape index (κ1) is 11.0. The molecule has 3 N–H and O–H groups in total. The molecule has 0 saturated heterocycles. The number of phenolic OH excluding ortho intramolecular Hbond substituents is 1. The molecule has 1 atom stereocenters. The van der Waals surface area contributed by atoms with Crippen LogP contribution in [0.25, 0.3) is 0 Å². The minimum absolute atomic E-state index is 0.0464. The standard InChI is InChI=1S/C11H16FNO/c1-7(2)11(3,13)9-6-8(12)4-5-10(9)14/h4-7,14H,13H2,1-3H3. The number of nitrogens with two attached hydrogens (primary N) is 1. The van der Waals surface area contributed by atoms with Crippen LogP contribution in [0.4, 0.5) is 4.39 Å². The Balaban J connectivity index is 3.24. The van der Waals surface area contributed by atoms with E-state index in [1.54, 1.807) is 6.92 Å². The van der Waals surface area contributed by atoms with Crippen LogP contribution in [0.3, 0.4) is 0 Å². The summed E-state index contributed by atoms with van der Waals surface area (Å²) < 4.78 is 13.0. The number of halogens is 1. The fourth-order valence-corrected chi connectivity index (χ4v) is 1.25. The molecule has 0 aliphatic rings. The summed E-state index contributed by atoms with van der Waals surface area (Å²) in [6.07, 6.45) is 0. The van der Waals surface area contributed by atoms with E-state index in [1.165, 1.54) is 18.2 Å². The monoisotopic (exact) mass is 197 g/mol. The number of phenols is 1. The zero-order valence-corrected chi connectivity index (χ0v) is 8.71. The van der Waals surface area contributed by atoms with E-state index in [4.69, 9.17) is 5.73 Å². The van der Waals surface area contributed by atoms with E-state index in [9.17, 15) is 9.50 Å². The van der Waals surface area contributed by atoms with Gasteiger partial charge in [0.15, 0.2) is 0 Å². The van der Waals surface area contributed by atoms with Crippen LogP contribution in [0, 0.1) is 11.7 Å². The highest BCUT2D eigenvalue weighted by atomic mass is 19.1. The van der Waals surface area contributed by atoms with Gasteiger partial charge in [-0.25, -0.2) is 4.39 Å². The fraction of sp³-hybridized carbons (Fsp3) is 0.455. The van der Waals surface area contributed by atoms with Crippen LogP contribution < -0.4 is 5.73 Å². The van der Waals surface area contributed by atoms with Gasteiger partial charge in [-0.05, 0) is 31.0 Å². The molecule has 0 bridgehead atoms. The Labute approximate surface area is 83.6 Å². The van der Waals surface area contributed by atoms with Crippen molar-refractivity contribution in [2.45, 2.75) is 26.3 Å². The summed E-state index contributed by atoms with van der Waals surface area (Å²) >= 11 is 0. The van der Waals surface area contributed by atoms with Crippen molar-refractivity contribution < 1.29 is 9.50 Å². The van der Waals surface area contributed by atoms with Gasteiger partial charge in [-0.2, -0.15) is 0 Å². The molecule has 3 heteroatoms. The maximum absolute atomic E-state index is 13.0. The average Bonchev–Trinajstić information content (AvgIpc) is 2.08. The summed E-state index contributed by atoms with van der Waals surface area (Å²) in [6.45, 7) is 5.65. The maximum Gasteiger partial charge on any atom is 0.123 e. The molecule has 0 aromatic heterocycles. The molecule has 1 aromatic rings. The van der Waals surface area contributed by atoms with Crippen LogP contribution in [0.5, 0.6) is 5.75 Å². The minimum Gasteiger partial charge on any atom is -0.508 e. The molecule has 0 aliphatic carbocycles. The summed E-state index contributed by atoms with van der Waals surface area (Å²) in [6, 6.07) is 3.84. The lowest BCUT2D eigenvalue weighted by Crippen LogP contribution is -2.38. The third kappa shape index (κ3) is 1.87. The third-order valence-corrected chi connectivity index (χ3v) is 2.74. The second kappa shape index (κ2) is 3.58. The molecule has 2 nitrogen and oxygen atoms in total. The van der Waals surface area contributed by atoms with Crippen LogP contribution >= 0.6 is 0 Å². The van der Waals surface area contributed by atoms with E-state index in [1.807, 2.05) is 13.8 Å². The normalized spacial score (nSPS) is 15.6. The fourth-order valence-electron chi connectivity index (χ4n) is 1.25. The highest BCUT2D eigenvalue weighted by Crippen LogP contribution is 2.32. The van der Waals surface area contributed by atoms with Gasteiger partial charge in [0.05, 0.1) is 0 Å². The summed E-state index contributed by atoms with van der Waals surface area (Å²) in [5.41, 5.74) is 5.76. The van der Waals surface area contributed by atoms with Gasteiger partial charge in [-0.15, -0.1) is 0 Å². The molecule has 78 valence electrons. The van der Waals surface area contributed by atoms with Crippen molar-refractivity contribution in [3.05, 3.63) is 29.6 Å². The van der Waals surface area contributed by atoms with Crippen molar-refractivity contribution in [1.82, 2.24) is 0 Å². The van der Waals surface area contributed by atoms with Gasteiger partial charge in [0.2, 0.25) is 0 Å². The molecule has 0 aliphatic heterocycles. The molecule has 0 radical (unpaired) electrons. The summed E-state index contributed by atoms with van der Waals surface area (Å²) in [5, 5.41) is 9.57. The van der Waals surface area contributed by atoms with E-state index in [0.29, 0.717) is 5.56 Å². The van der Waals surface area contributed by atoms with Gasteiger partial charge < -0.3 is 10.8 Å². The van der Waals surface area contributed by atoms with E-state index >= 15 is 0 Å². The molecule has 1 rings (SSSR count). The number of hydrogen-bond acceptors (Lipinski definition) is 2. The number of benzene rings is 1. The van der Waals surface area contributed by atoms with Gasteiger partial charge in [0.1, 0.15) is 11.6 Å². The quantitative estimate of drug-likeness (QED) is 0.764. The topological polar surface area (TPSA) is 46.2 Å². The molecule has 0 amide bonds. The second-order valence-corrected chi connectivity index (χ2v) is 4.10. The first-order valence-corrected chi connectivity index (χ1v) is 4.63. The summed E-state index contributed by atoms with van der Waals surface area (Å²) in [7, 11) is 0. The van der Waals surface area contributed by atoms with Gasteiger partial charge in [0, 0.05) is 11.1 Å². The van der Waals surface area contributed by atoms with Gasteiger partial charge in [0.25, 0.3) is 0 Å². The minimum atomic E-state index is -0.716. The molecule has 0 spiro atoms. The number of rotatable bonds is 2. The molecular weight excluding hydrogens is 181 g/mol. The highest BCUT2D eigenvalue weighted by Gasteiger charge is 2.28. The first-order chi connectivity index (χ1) is 6.35. The predicted molar refractivity (Wildman–Crippen MR) is 54.4 cm³/mol. The SMILES string of the molecule is CC(C)C(C)(N)c1cc(F)ccc1O. The van der Waals surface area contributed by atoms with E-state index in [-0.39, 0.29) is 17.5 Å². The Morgan fingerprint density at radius 3 is 2.50 bits per heavy atom. The van der Waals surface area contributed by atoms with E-state index in [0.717, 1.165) is 0 Å². The zero-order chi connectivity index (χ0) is 10.9. The smallest absolute Gasteiger partial charge is 0.123 e. The van der Waals surface area contributed by atoms with Crippen molar-refractivity contribution in [3.8, 4) is 5.75 Å². The lowest BCUT2D eigenvalue weighted by Gasteiger charge is -2.30. The molecule has 1 aromatic carbocycles. The largest absolute Gasteiger partial charge is 0.508 e.